The van der Waals surface area contributed by atoms with E-state index in [1.54, 1.807) is 31.4 Å². The zero-order valence-electron chi connectivity index (χ0n) is 11.0. The molecule has 0 atom stereocenters. The van der Waals surface area contributed by atoms with Crippen LogP contribution in [-0.4, -0.2) is 23.2 Å². The highest BCUT2D eigenvalue weighted by Gasteiger charge is 2.14. The minimum atomic E-state index is -0.979. The van der Waals surface area contributed by atoms with Crippen LogP contribution < -0.4 is 4.74 Å². The number of nitrogens with zero attached hydrogens (tertiary/aromatic N) is 1. The van der Waals surface area contributed by atoms with Crippen LogP contribution in [0.15, 0.2) is 40.2 Å². The molecule has 1 N–H and O–H groups in total. The highest BCUT2D eigenvalue weighted by Crippen LogP contribution is 2.32. The van der Waals surface area contributed by atoms with Crippen LogP contribution in [0.4, 0.5) is 0 Å². The Morgan fingerprint density at radius 1 is 1.33 bits per heavy atom. The molecule has 3 aromatic rings. The van der Waals surface area contributed by atoms with Crippen LogP contribution in [0, 0.1) is 0 Å². The number of aromatic nitrogens is 1. The fraction of sp³-hybridized carbons (Fsp3) is 0.0667. The summed E-state index contributed by atoms with van der Waals surface area (Å²) in [6, 6.07) is 8.76. The van der Waals surface area contributed by atoms with Crippen LogP contribution >= 0.6 is 27.3 Å². The van der Waals surface area contributed by atoms with Gasteiger partial charge in [-0.15, -0.1) is 11.3 Å². The molecule has 0 fully saturated rings. The summed E-state index contributed by atoms with van der Waals surface area (Å²) in [7, 11) is 1.55. The van der Waals surface area contributed by atoms with Gasteiger partial charge >= 0.3 is 5.97 Å². The molecule has 21 heavy (non-hydrogen) atoms. The minimum Gasteiger partial charge on any atom is -0.497 e. The number of ether oxygens (including phenoxy) is 1. The highest BCUT2D eigenvalue weighted by molar-refractivity contribution is 9.10. The van der Waals surface area contributed by atoms with Crippen molar-refractivity contribution in [3.63, 3.8) is 0 Å². The summed E-state index contributed by atoms with van der Waals surface area (Å²) in [6.45, 7) is 0. The van der Waals surface area contributed by atoms with Gasteiger partial charge in [0.15, 0.2) is 0 Å². The zero-order chi connectivity index (χ0) is 15.0. The molecule has 4 nitrogen and oxygen atoms in total. The number of aromatic carboxylic acids is 1. The summed E-state index contributed by atoms with van der Waals surface area (Å²) in [5, 5.41) is 12.0. The van der Waals surface area contributed by atoms with Crippen molar-refractivity contribution in [1.29, 1.82) is 0 Å². The Labute approximate surface area is 133 Å². The number of hydrogen-bond donors (Lipinski definition) is 1. The molecule has 0 unspecified atom stereocenters. The van der Waals surface area contributed by atoms with Crippen molar-refractivity contribution in [2.45, 2.75) is 0 Å². The molecule has 0 aliphatic heterocycles. The van der Waals surface area contributed by atoms with E-state index in [9.17, 15) is 9.90 Å². The Balaban J connectivity index is 2.28. The smallest absolute Gasteiger partial charge is 0.336 e. The van der Waals surface area contributed by atoms with Gasteiger partial charge in [-0.3, -0.25) is 0 Å². The summed E-state index contributed by atoms with van der Waals surface area (Å²) >= 11 is 4.91. The predicted molar refractivity (Wildman–Crippen MR) is 86.3 cm³/mol. The van der Waals surface area contributed by atoms with Crippen molar-refractivity contribution < 1.29 is 14.6 Å². The topological polar surface area (TPSA) is 59.4 Å². The van der Waals surface area contributed by atoms with Crippen LogP contribution in [0.2, 0.25) is 0 Å². The van der Waals surface area contributed by atoms with Gasteiger partial charge in [0.1, 0.15) is 5.75 Å². The van der Waals surface area contributed by atoms with E-state index in [0.717, 1.165) is 9.35 Å². The maximum absolute atomic E-state index is 11.5. The average Bonchev–Trinajstić information content (AvgIpc) is 2.92. The lowest BCUT2D eigenvalue weighted by Crippen LogP contribution is -2.00. The Morgan fingerprint density at radius 2 is 2.14 bits per heavy atom. The van der Waals surface area contributed by atoms with Crippen LogP contribution in [0.3, 0.4) is 0 Å². The molecule has 2 aromatic heterocycles. The van der Waals surface area contributed by atoms with Gasteiger partial charge in [0, 0.05) is 15.2 Å². The first-order chi connectivity index (χ1) is 10.1. The van der Waals surface area contributed by atoms with E-state index in [2.05, 4.69) is 20.9 Å². The van der Waals surface area contributed by atoms with Crippen molar-refractivity contribution >= 4 is 44.1 Å². The number of halogens is 1. The normalized spacial score (nSPS) is 10.8. The fourth-order valence-electron chi connectivity index (χ4n) is 2.08. The van der Waals surface area contributed by atoms with E-state index >= 15 is 0 Å². The molecule has 0 aliphatic carbocycles. The van der Waals surface area contributed by atoms with Crippen LogP contribution in [-0.2, 0) is 0 Å². The van der Waals surface area contributed by atoms with Crippen LogP contribution in [0.1, 0.15) is 10.4 Å². The Hall–Kier alpha value is -1.92. The number of benzene rings is 1. The summed E-state index contributed by atoms with van der Waals surface area (Å²) in [6.07, 6.45) is 0. The molecule has 106 valence electrons. The number of hydrogen-bond acceptors (Lipinski definition) is 4. The second-order valence-corrected chi connectivity index (χ2v) is 6.20. The number of rotatable bonds is 3. The number of fused-ring (bicyclic) bond motifs is 1. The van der Waals surface area contributed by atoms with Gasteiger partial charge in [-0.1, -0.05) is 0 Å². The summed E-state index contributed by atoms with van der Waals surface area (Å²) in [5.74, 6) is -0.369. The zero-order valence-corrected chi connectivity index (χ0v) is 13.4. The highest BCUT2D eigenvalue weighted by atomic mass is 79.9. The van der Waals surface area contributed by atoms with Gasteiger partial charge in [-0.25, -0.2) is 9.78 Å². The predicted octanol–water partition coefficient (Wildman–Crippen LogP) is 4.43. The van der Waals surface area contributed by atoms with Crippen molar-refractivity contribution in [2.24, 2.45) is 0 Å². The Bertz CT molecular complexity index is 844. The van der Waals surface area contributed by atoms with Gasteiger partial charge in [0.05, 0.1) is 28.8 Å². The Kier molecular flexibility index (Phi) is 3.65. The van der Waals surface area contributed by atoms with Gasteiger partial charge < -0.3 is 9.84 Å². The number of carboxylic acids is 1. The summed E-state index contributed by atoms with van der Waals surface area (Å²) < 4.78 is 6.11. The standard InChI is InChI=1S/C15H10BrNO3S/c1-20-9-2-3-12-10(5-9)11(15(18)19)6-13(17-12)14-4-8(16)7-21-14/h2-7H,1H3,(H,18,19). The number of carboxylic acid groups (broad SMARTS) is 1. The van der Waals surface area contributed by atoms with Crippen molar-refractivity contribution in [2.75, 3.05) is 7.11 Å². The third-order valence-corrected chi connectivity index (χ3v) is 4.78. The monoisotopic (exact) mass is 363 g/mol. The molecule has 0 aliphatic rings. The third-order valence-electron chi connectivity index (χ3n) is 3.07. The molecular formula is C15H10BrNO3S. The van der Waals surface area contributed by atoms with E-state index in [0.29, 0.717) is 22.3 Å². The van der Waals surface area contributed by atoms with E-state index in [1.165, 1.54) is 11.3 Å². The first kappa shape index (κ1) is 14.0. The molecule has 0 radical (unpaired) electrons. The fourth-order valence-corrected chi connectivity index (χ4v) is 3.47. The first-order valence-corrected chi connectivity index (χ1v) is 7.72. The lowest BCUT2D eigenvalue weighted by molar-refractivity contribution is 0.0699. The molecule has 2 heterocycles. The first-order valence-electron chi connectivity index (χ1n) is 6.05. The largest absolute Gasteiger partial charge is 0.497 e. The lowest BCUT2D eigenvalue weighted by Gasteiger charge is -2.07. The molecule has 0 spiro atoms. The maximum atomic E-state index is 11.5. The molecule has 0 bridgehead atoms. The Morgan fingerprint density at radius 3 is 2.76 bits per heavy atom. The number of pyridine rings is 1. The van der Waals surface area contributed by atoms with E-state index in [-0.39, 0.29) is 5.56 Å². The second-order valence-electron chi connectivity index (χ2n) is 4.37. The maximum Gasteiger partial charge on any atom is 0.336 e. The van der Waals surface area contributed by atoms with Crippen LogP contribution in [0.5, 0.6) is 5.75 Å². The van der Waals surface area contributed by atoms with Crippen molar-refractivity contribution in [1.82, 2.24) is 4.98 Å². The average molecular weight is 364 g/mol. The summed E-state index contributed by atoms with van der Waals surface area (Å²) in [4.78, 5) is 17.0. The molecule has 3 rings (SSSR count). The third kappa shape index (κ3) is 2.64. The lowest BCUT2D eigenvalue weighted by atomic mass is 10.1. The molecule has 0 saturated carbocycles. The number of methoxy groups -OCH3 is 1. The van der Waals surface area contributed by atoms with E-state index < -0.39 is 5.97 Å². The van der Waals surface area contributed by atoms with Gasteiger partial charge in [0.2, 0.25) is 0 Å². The molecule has 6 heteroatoms. The number of thiophene rings is 1. The van der Waals surface area contributed by atoms with Gasteiger partial charge in [0.25, 0.3) is 0 Å². The molecule has 0 saturated heterocycles. The minimum absolute atomic E-state index is 0.221. The van der Waals surface area contributed by atoms with E-state index in [4.69, 9.17) is 4.74 Å². The molecule has 0 amide bonds. The van der Waals surface area contributed by atoms with Gasteiger partial charge in [-0.2, -0.15) is 0 Å². The number of carbonyl (C=O) groups is 1. The summed E-state index contributed by atoms with van der Waals surface area (Å²) in [5.41, 5.74) is 1.51. The molecular weight excluding hydrogens is 354 g/mol. The second kappa shape index (κ2) is 5.46. The quantitative estimate of drug-likeness (QED) is 0.747. The molecule has 1 aromatic carbocycles. The van der Waals surface area contributed by atoms with E-state index in [1.807, 2.05) is 11.4 Å². The SMILES string of the molecule is COc1ccc2nc(-c3cc(Br)cs3)cc(C(=O)O)c2c1. The van der Waals surface area contributed by atoms with Gasteiger partial charge in [-0.05, 0) is 46.3 Å². The van der Waals surface area contributed by atoms with Crippen molar-refractivity contribution in [3.05, 3.63) is 45.7 Å². The van der Waals surface area contributed by atoms with Crippen LogP contribution in [0.25, 0.3) is 21.5 Å². The van der Waals surface area contributed by atoms with Crippen molar-refractivity contribution in [3.8, 4) is 16.3 Å².